The minimum Gasteiger partial charge on any atom is -0.493 e. The van der Waals surface area contributed by atoms with Gasteiger partial charge in [0.1, 0.15) is 0 Å². The fraction of sp³-hybridized carbons (Fsp3) is 0.222. The van der Waals surface area contributed by atoms with E-state index in [1.807, 2.05) is 0 Å². The fourth-order valence-corrected chi connectivity index (χ4v) is 1.35. The van der Waals surface area contributed by atoms with E-state index >= 15 is 0 Å². The highest BCUT2D eigenvalue weighted by Gasteiger charge is 2.21. The van der Waals surface area contributed by atoms with Gasteiger partial charge in [0, 0.05) is 5.56 Å². The number of halogens is 1. The van der Waals surface area contributed by atoms with Crippen molar-refractivity contribution in [2.24, 2.45) is 0 Å². The first-order valence-electron chi connectivity index (χ1n) is 3.90. The molecule has 0 radical (unpaired) electrons. The molecule has 0 spiro atoms. The van der Waals surface area contributed by atoms with Crippen molar-refractivity contribution in [3.05, 3.63) is 17.7 Å². The summed E-state index contributed by atoms with van der Waals surface area (Å²) < 4.78 is 15.3. The van der Waals surface area contributed by atoms with E-state index in [0.717, 1.165) is 0 Å². The van der Waals surface area contributed by atoms with Crippen LogP contribution in [0.1, 0.15) is 10.4 Å². The van der Waals surface area contributed by atoms with Crippen molar-refractivity contribution in [3.63, 3.8) is 0 Å². The Morgan fingerprint density at radius 2 is 2.29 bits per heavy atom. The Labute approximate surface area is 85.3 Å². The molecule has 1 aromatic carbocycles. The van der Waals surface area contributed by atoms with Crippen LogP contribution in [0.2, 0.25) is 0 Å². The first-order valence-corrected chi connectivity index (χ1v) is 4.27. The molecule has 0 saturated carbocycles. The molecule has 1 aliphatic heterocycles. The first kappa shape index (κ1) is 9.15. The third-order valence-electron chi connectivity index (χ3n) is 1.89. The van der Waals surface area contributed by atoms with Crippen molar-refractivity contribution in [1.29, 1.82) is 0 Å². The molecule has 0 aromatic heterocycles. The van der Waals surface area contributed by atoms with Gasteiger partial charge >= 0.3 is 0 Å². The molecule has 0 unspecified atom stereocenters. The highest BCUT2D eigenvalue weighted by molar-refractivity contribution is 6.67. The average Bonchev–Trinajstić information content (AvgIpc) is 2.63. The number of carbonyl (C=O) groups excluding carboxylic acids is 1. The van der Waals surface area contributed by atoms with Gasteiger partial charge in [-0.05, 0) is 23.7 Å². The molecule has 1 heterocycles. The van der Waals surface area contributed by atoms with Gasteiger partial charge in [-0.25, -0.2) is 0 Å². The van der Waals surface area contributed by atoms with Crippen molar-refractivity contribution in [3.8, 4) is 17.2 Å². The maximum atomic E-state index is 10.9. The van der Waals surface area contributed by atoms with Crippen LogP contribution in [-0.2, 0) is 0 Å². The minimum absolute atomic E-state index is 0.131. The van der Waals surface area contributed by atoms with Crippen LogP contribution in [0.25, 0.3) is 0 Å². The van der Waals surface area contributed by atoms with Crippen LogP contribution in [0.3, 0.4) is 0 Å². The monoisotopic (exact) mass is 214 g/mol. The highest BCUT2D eigenvalue weighted by Crippen LogP contribution is 2.41. The second-order valence-electron chi connectivity index (χ2n) is 2.69. The van der Waals surface area contributed by atoms with E-state index in [2.05, 4.69) is 0 Å². The van der Waals surface area contributed by atoms with E-state index in [0.29, 0.717) is 22.8 Å². The zero-order valence-electron chi connectivity index (χ0n) is 7.37. The molecule has 0 N–H and O–H groups in total. The average molecular weight is 215 g/mol. The van der Waals surface area contributed by atoms with Gasteiger partial charge in [0.15, 0.2) is 11.5 Å². The SMILES string of the molecule is COc1cc(C(=O)Cl)cc2c1OCO2. The number of rotatable bonds is 2. The summed E-state index contributed by atoms with van der Waals surface area (Å²) in [4.78, 5) is 10.9. The number of methoxy groups -OCH3 is 1. The molecule has 0 fully saturated rings. The predicted molar refractivity (Wildman–Crippen MR) is 49.3 cm³/mol. The second-order valence-corrected chi connectivity index (χ2v) is 3.03. The number of benzene rings is 1. The Kier molecular flexibility index (Phi) is 2.21. The Morgan fingerprint density at radius 3 is 2.93 bits per heavy atom. The third kappa shape index (κ3) is 1.37. The normalized spacial score (nSPS) is 12.7. The molecule has 0 saturated heterocycles. The van der Waals surface area contributed by atoms with Crippen molar-refractivity contribution in [2.45, 2.75) is 0 Å². The molecule has 1 aliphatic rings. The van der Waals surface area contributed by atoms with Gasteiger partial charge in [0.2, 0.25) is 12.5 Å². The number of hydrogen-bond donors (Lipinski definition) is 0. The van der Waals surface area contributed by atoms with E-state index in [4.69, 9.17) is 25.8 Å². The molecule has 1 aromatic rings. The van der Waals surface area contributed by atoms with Crippen LogP contribution < -0.4 is 14.2 Å². The summed E-state index contributed by atoms with van der Waals surface area (Å²) in [6, 6.07) is 3.04. The molecule has 0 atom stereocenters. The summed E-state index contributed by atoms with van der Waals surface area (Å²) in [6.07, 6.45) is 0. The van der Waals surface area contributed by atoms with Gasteiger partial charge in [0.25, 0.3) is 5.24 Å². The Balaban J connectivity index is 2.54. The van der Waals surface area contributed by atoms with Crippen molar-refractivity contribution >= 4 is 16.8 Å². The van der Waals surface area contributed by atoms with Crippen LogP contribution in [-0.4, -0.2) is 19.1 Å². The maximum Gasteiger partial charge on any atom is 0.252 e. The molecule has 5 heteroatoms. The smallest absolute Gasteiger partial charge is 0.252 e. The molecule has 0 amide bonds. The van der Waals surface area contributed by atoms with E-state index < -0.39 is 5.24 Å². The summed E-state index contributed by atoms with van der Waals surface area (Å²) in [5, 5.41) is -0.554. The van der Waals surface area contributed by atoms with Crippen molar-refractivity contribution in [2.75, 3.05) is 13.9 Å². The lowest BCUT2D eigenvalue weighted by Gasteiger charge is -2.05. The standard InChI is InChI=1S/C9H7ClO4/c1-12-6-2-5(9(10)11)3-7-8(6)14-4-13-7/h2-3H,4H2,1H3. The zero-order valence-corrected chi connectivity index (χ0v) is 8.13. The van der Waals surface area contributed by atoms with Gasteiger partial charge in [-0.15, -0.1) is 0 Å². The Morgan fingerprint density at radius 1 is 1.50 bits per heavy atom. The Bertz CT molecular complexity index is 389. The number of fused-ring (bicyclic) bond motifs is 1. The van der Waals surface area contributed by atoms with Crippen LogP contribution in [0, 0.1) is 0 Å². The summed E-state index contributed by atoms with van der Waals surface area (Å²) in [7, 11) is 1.49. The lowest BCUT2D eigenvalue weighted by atomic mass is 10.2. The van der Waals surface area contributed by atoms with Crippen molar-refractivity contribution in [1.82, 2.24) is 0 Å². The van der Waals surface area contributed by atoms with E-state index in [1.165, 1.54) is 19.2 Å². The van der Waals surface area contributed by atoms with Gasteiger partial charge in [0.05, 0.1) is 7.11 Å². The Hall–Kier alpha value is -1.42. The summed E-state index contributed by atoms with van der Waals surface area (Å²) in [5.41, 5.74) is 0.327. The van der Waals surface area contributed by atoms with E-state index in [9.17, 15) is 4.79 Å². The molecule has 4 nitrogen and oxygen atoms in total. The van der Waals surface area contributed by atoms with E-state index in [-0.39, 0.29) is 6.79 Å². The molecule has 74 valence electrons. The molecular formula is C9H7ClO4. The van der Waals surface area contributed by atoms with Crippen LogP contribution >= 0.6 is 11.6 Å². The topological polar surface area (TPSA) is 44.8 Å². The molecular weight excluding hydrogens is 208 g/mol. The molecule has 0 aliphatic carbocycles. The molecule has 2 rings (SSSR count). The number of carbonyl (C=O) groups is 1. The minimum atomic E-state index is -0.554. The van der Waals surface area contributed by atoms with Crippen molar-refractivity contribution < 1.29 is 19.0 Å². The van der Waals surface area contributed by atoms with Gasteiger partial charge in [-0.1, -0.05) is 0 Å². The summed E-state index contributed by atoms with van der Waals surface area (Å²) >= 11 is 5.34. The molecule has 0 bridgehead atoms. The van der Waals surface area contributed by atoms with Crippen LogP contribution in [0.15, 0.2) is 12.1 Å². The predicted octanol–water partition coefficient (Wildman–Crippen LogP) is 1.80. The van der Waals surface area contributed by atoms with E-state index in [1.54, 1.807) is 0 Å². The largest absolute Gasteiger partial charge is 0.493 e. The maximum absolute atomic E-state index is 10.9. The zero-order chi connectivity index (χ0) is 10.1. The first-order chi connectivity index (χ1) is 6.72. The summed E-state index contributed by atoms with van der Waals surface area (Å²) in [6.45, 7) is 0.131. The third-order valence-corrected chi connectivity index (χ3v) is 2.10. The number of ether oxygens (including phenoxy) is 3. The van der Waals surface area contributed by atoms with Gasteiger partial charge < -0.3 is 14.2 Å². The van der Waals surface area contributed by atoms with Gasteiger partial charge in [-0.3, -0.25) is 4.79 Å². The van der Waals surface area contributed by atoms with Crippen LogP contribution in [0.4, 0.5) is 0 Å². The fourth-order valence-electron chi connectivity index (χ4n) is 1.24. The molecule has 14 heavy (non-hydrogen) atoms. The lowest BCUT2D eigenvalue weighted by molar-refractivity contribution is 0.108. The highest BCUT2D eigenvalue weighted by atomic mass is 35.5. The van der Waals surface area contributed by atoms with Gasteiger partial charge in [-0.2, -0.15) is 0 Å². The van der Waals surface area contributed by atoms with Crippen LogP contribution in [0.5, 0.6) is 17.2 Å². The quantitative estimate of drug-likeness (QED) is 0.705. The lowest BCUT2D eigenvalue weighted by Crippen LogP contribution is -1.93. The summed E-state index contributed by atoms with van der Waals surface area (Å²) in [5.74, 6) is 1.44. The number of hydrogen-bond acceptors (Lipinski definition) is 4. The second kappa shape index (κ2) is 3.38.